The number of carbonyl (C=O) groups is 1. The fourth-order valence-corrected chi connectivity index (χ4v) is 8.06. The molecule has 1 saturated heterocycles. The predicted molar refractivity (Wildman–Crippen MR) is 145 cm³/mol. The molecule has 1 atom stereocenters. The molecule has 0 bridgehead atoms. The Morgan fingerprint density at radius 2 is 1.95 bits per heavy atom. The quantitative estimate of drug-likeness (QED) is 0.408. The number of ether oxygens (including phenoxy) is 1. The second-order valence-corrected chi connectivity index (χ2v) is 14.5. The van der Waals surface area contributed by atoms with Gasteiger partial charge in [0.25, 0.3) is 5.91 Å². The Hall–Kier alpha value is -2.39. The summed E-state index contributed by atoms with van der Waals surface area (Å²) in [7, 11) is -3.34. The van der Waals surface area contributed by atoms with Crippen LogP contribution in [-0.4, -0.2) is 54.1 Å². The van der Waals surface area contributed by atoms with Gasteiger partial charge in [-0.2, -0.15) is 13.2 Å². The highest BCUT2D eigenvalue weighted by Crippen LogP contribution is 2.47. The summed E-state index contributed by atoms with van der Waals surface area (Å²) >= 11 is 2.09. The van der Waals surface area contributed by atoms with Gasteiger partial charge in [0.1, 0.15) is 15.5 Å². The molecule has 3 aromatic heterocycles. The lowest BCUT2D eigenvalue weighted by Crippen LogP contribution is -2.47. The van der Waals surface area contributed by atoms with E-state index in [9.17, 15) is 26.4 Å². The molecule has 3 aromatic rings. The molecule has 14 heteroatoms. The van der Waals surface area contributed by atoms with Crippen molar-refractivity contribution in [1.29, 1.82) is 0 Å². The molecule has 5 rings (SSSR count). The van der Waals surface area contributed by atoms with E-state index in [1.807, 2.05) is 13.0 Å². The largest absolute Gasteiger partial charge is 0.427 e. The topological polar surface area (TPSA) is 101 Å². The first-order chi connectivity index (χ1) is 18.9. The fraction of sp³-hybridized carbons (Fsp3) is 0.500. The monoisotopic (exact) mass is 614 g/mol. The van der Waals surface area contributed by atoms with Crippen LogP contribution in [-0.2, 0) is 45.9 Å². The number of thiophene rings is 1. The molecule has 0 aliphatic carbocycles. The number of halogens is 3. The van der Waals surface area contributed by atoms with E-state index < -0.39 is 26.5 Å². The van der Waals surface area contributed by atoms with E-state index in [0.717, 1.165) is 16.6 Å². The van der Waals surface area contributed by atoms with Crippen molar-refractivity contribution in [3.05, 3.63) is 61.5 Å². The number of pyridine rings is 1. The van der Waals surface area contributed by atoms with Crippen LogP contribution >= 0.6 is 22.7 Å². The highest BCUT2D eigenvalue weighted by atomic mass is 32.2. The summed E-state index contributed by atoms with van der Waals surface area (Å²) in [5.74, 6) is -0.249. The molecule has 1 fully saturated rings. The van der Waals surface area contributed by atoms with Crippen LogP contribution in [0.1, 0.15) is 62.4 Å². The Labute approximate surface area is 238 Å². The Kier molecular flexibility index (Phi) is 8.09. The van der Waals surface area contributed by atoms with E-state index in [-0.39, 0.29) is 29.2 Å². The van der Waals surface area contributed by atoms with Gasteiger partial charge in [0.05, 0.1) is 46.6 Å². The number of nitrogens with one attached hydrogen (secondary N) is 1. The normalized spacial score (nSPS) is 19.5. The van der Waals surface area contributed by atoms with Crippen LogP contribution in [0.5, 0.6) is 0 Å². The third kappa shape index (κ3) is 6.10. The Morgan fingerprint density at radius 1 is 1.20 bits per heavy atom. The highest BCUT2D eigenvalue weighted by Gasteiger charge is 2.45. The first kappa shape index (κ1) is 29.1. The number of likely N-dealkylation sites (tertiary alicyclic amines) is 1. The fourth-order valence-electron chi connectivity index (χ4n) is 5.11. The smallest absolute Gasteiger partial charge is 0.366 e. The van der Waals surface area contributed by atoms with Crippen LogP contribution in [0.25, 0.3) is 0 Å². The van der Waals surface area contributed by atoms with Gasteiger partial charge in [-0.05, 0) is 49.9 Å². The number of hydrogen-bond acceptors (Lipinski definition) is 9. The molecule has 2 aliphatic heterocycles. The third-order valence-electron chi connectivity index (χ3n) is 7.20. The van der Waals surface area contributed by atoms with E-state index in [1.54, 1.807) is 13.0 Å². The maximum Gasteiger partial charge on any atom is 0.427 e. The van der Waals surface area contributed by atoms with E-state index in [0.29, 0.717) is 65.8 Å². The van der Waals surface area contributed by atoms with Gasteiger partial charge in [0.15, 0.2) is 9.84 Å². The summed E-state index contributed by atoms with van der Waals surface area (Å²) in [5, 5.41) is 3.31. The van der Waals surface area contributed by atoms with Gasteiger partial charge in [-0.1, -0.05) is 6.92 Å². The number of sulfone groups is 1. The number of carbonyl (C=O) groups excluding carboxylic acids is 1. The number of thiazole rings is 1. The summed E-state index contributed by atoms with van der Waals surface area (Å²) in [5.41, 5.74) is 1.10. The standard InChI is InChI=1S/C26H29F3N4O4S3/c1-3-40(35,36)19-5-4-18(30-13-19)12-32-24(34)20-11-17-10-16(2)37-25(23(17)38-20)6-8-33(9-7-25)15-22-31-14-21(39-22)26(27,28)29/h4-5,11,13-14,16H,3,6-10,12,15H2,1-2H3,(H,32,34)/t16-/m0/s1. The average molecular weight is 615 g/mol. The average Bonchev–Trinajstić information content (AvgIpc) is 3.57. The third-order valence-corrected chi connectivity index (χ3v) is 11.3. The molecule has 0 saturated carbocycles. The number of nitrogens with zero attached hydrogens (tertiary/aromatic N) is 3. The maximum absolute atomic E-state index is 13.0. The second-order valence-electron chi connectivity index (χ2n) is 10.1. The van der Waals surface area contributed by atoms with Crippen LogP contribution in [0.15, 0.2) is 35.5 Å². The number of piperidine rings is 1. The predicted octanol–water partition coefficient (Wildman–Crippen LogP) is 4.79. The van der Waals surface area contributed by atoms with E-state index in [2.05, 4.69) is 20.2 Å². The van der Waals surface area contributed by atoms with Crippen molar-refractivity contribution in [3.8, 4) is 0 Å². The maximum atomic E-state index is 13.0. The minimum Gasteiger partial charge on any atom is -0.366 e. The molecule has 216 valence electrons. The van der Waals surface area contributed by atoms with Crippen molar-refractivity contribution in [2.75, 3.05) is 18.8 Å². The van der Waals surface area contributed by atoms with Crippen LogP contribution < -0.4 is 5.32 Å². The van der Waals surface area contributed by atoms with E-state index >= 15 is 0 Å². The summed E-state index contributed by atoms with van der Waals surface area (Å²) in [6.07, 6.45) is -0.182. The summed E-state index contributed by atoms with van der Waals surface area (Å²) in [4.78, 5) is 24.3. The van der Waals surface area contributed by atoms with Crippen molar-refractivity contribution in [2.45, 2.75) is 69.0 Å². The van der Waals surface area contributed by atoms with Gasteiger partial charge in [0.2, 0.25) is 0 Å². The molecule has 0 aromatic carbocycles. The second kappa shape index (κ2) is 11.1. The van der Waals surface area contributed by atoms with Gasteiger partial charge >= 0.3 is 6.18 Å². The lowest BCUT2D eigenvalue weighted by molar-refractivity contribution is -0.134. The first-order valence-corrected chi connectivity index (χ1v) is 16.2. The van der Waals surface area contributed by atoms with Gasteiger partial charge in [0, 0.05) is 24.2 Å². The number of alkyl halides is 3. The zero-order valence-electron chi connectivity index (χ0n) is 22.0. The SMILES string of the molecule is CCS(=O)(=O)c1ccc(CNC(=O)c2cc3c(s2)C2(CCN(Cc4ncc(C(F)(F)F)s4)CC2)O[C@@H](C)C3)nc1. The van der Waals surface area contributed by atoms with Crippen LogP contribution in [0, 0.1) is 0 Å². The molecule has 2 aliphatic rings. The van der Waals surface area contributed by atoms with Gasteiger partial charge < -0.3 is 10.1 Å². The molecule has 0 unspecified atom stereocenters. The number of fused-ring (bicyclic) bond motifs is 2. The molecule has 0 radical (unpaired) electrons. The molecule has 1 spiro atoms. The molecule has 1 amide bonds. The molecular formula is C26H29F3N4O4S3. The first-order valence-electron chi connectivity index (χ1n) is 12.9. The molecule has 5 heterocycles. The van der Waals surface area contributed by atoms with Crippen LogP contribution in [0.4, 0.5) is 13.2 Å². The highest BCUT2D eigenvalue weighted by molar-refractivity contribution is 7.91. The van der Waals surface area contributed by atoms with Crippen LogP contribution in [0.2, 0.25) is 0 Å². The molecule has 1 N–H and O–H groups in total. The van der Waals surface area contributed by atoms with Gasteiger partial charge in [-0.3, -0.25) is 14.7 Å². The minimum absolute atomic E-state index is 0.00962. The Morgan fingerprint density at radius 3 is 2.58 bits per heavy atom. The zero-order valence-corrected chi connectivity index (χ0v) is 24.4. The van der Waals surface area contributed by atoms with E-state index in [4.69, 9.17) is 4.74 Å². The van der Waals surface area contributed by atoms with Gasteiger partial charge in [-0.25, -0.2) is 13.4 Å². The summed E-state index contributed by atoms with van der Waals surface area (Å²) < 4.78 is 69.3. The number of aromatic nitrogens is 2. The number of rotatable bonds is 7. The molecular weight excluding hydrogens is 586 g/mol. The van der Waals surface area contributed by atoms with Crippen LogP contribution in [0.3, 0.4) is 0 Å². The molecule has 8 nitrogen and oxygen atoms in total. The van der Waals surface area contributed by atoms with Crippen molar-refractivity contribution >= 4 is 38.4 Å². The van der Waals surface area contributed by atoms with Gasteiger partial charge in [-0.15, -0.1) is 22.7 Å². The Balaban J connectivity index is 1.23. The van der Waals surface area contributed by atoms with Crippen molar-refractivity contribution in [3.63, 3.8) is 0 Å². The van der Waals surface area contributed by atoms with Crippen molar-refractivity contribution < 1.29 is 31.1 Å². The zero-order chi connectivity index (χ0) is 28.7. The molecule has 40 heavy (non-hydrogen) atoms. The van der Waals surface area contributed by atoms with Crippen molar-refractivity contribution in [2.24, 2.45) is 0 Å². The lowest BCUT2D eigenvalue weighted by Gasteiger charge is -2.45. The number of amides is 1. The summed E-state index contributed by atoms with van der Waals surface area (Å²) in [6, 6.07) is 5.01. The minimum atomic E-state index is -4.38. The van der Waals surface area contributed by atoms with Crippen molar-refractivity contribution in [1.82, 2.24) is 20.2 Å². The lowest BCUT2D eigenvalue weighted by atomic mass is 9.84. The summed E-state index contributed by atoms with van der Waals surface area (Å²) in [6.45, 7) is 5.38. The van der Waals surface area contributed by atoms with E-state index in [1.165, 1.54) is 23.6 Å². The number of hydrogen-bond donors (Lipinski definition) is 1. The Bertz CT molecular complexity index is 1480.